The SMILES string of the molecule is COc1ccc(-n2nc(C)c(C)c2C)cc1CNC1CCCNC1c1ccccc1. The Kier molecular flexibility index (Phi) is 6.21. The van der Waals surface area contributed by atoms with Gasteiger partial charge in [0.15, 0.2) is 0 Å². The molecule has 5 nitrogen and oxygen atoms in total. The molecule has 1 fully saturated rings. The zero-order valence-electron chi connectivity index (χ0n) is 18.4. The summed E-state index contributed by atoms with van der Waals surface area (Å²) in [6.45, 7) is 8.12. The second-order valence-corrected chi connectivity index (χ2v) is 8.18. The maximum atomic E-state index is 5.66. The number of nitrogens with zero attached hydrogens (tertiary/aromatic N) is 2. The first-order chi connectivity index (χ1) is 14.6. The maximum Gasteiger partial charge on any atom is 0.123 e. The average Bonchev–Trinajstić information content (AvgIpc) is 3.05. The van der Waals surface area contributed by atoms with E-state index in [-0.39, 0.29) is 0 Å². The fourth-order valence-electron chi connectivity index (χ4n) is 4.37. The summed E-state index contributed by atoms with van der Waals surface area (Å²) >= 11 is 0. The Balaban J connectivity index is 1.56. The molecule has 3 aromatic rings. The molecule has 30 heavy (non-hydrogen) atoms. The van der Waals surface area contributed by atoms with E-state index in [0.29, 0.717) is 12.1 Å². The van der Waals surface area contributed by atoms with Gasteiger partial charge in [-0.2, -0.15) is 5.10 Å². The number of hydrogen-bond donors (Lipinski definition) is 2. The fourth-order valence-corrected chi connectivity index (χ4v) is 4.37. The molecule has 2 aromatic carbocycles. The molecule has 0 radical (unpaired) electrons. The Morgan fingerprint density at radius 3 is 2.63 bits per heavy atom. The lowest BCUT2D eigenvalue weighted by molar-refractivity contribution is 0.303. The molecule has 1 aliphatic rings. The van der Waals surface area contributed by atoms with Gasteiger partial charge in [0.05, 0.1) is 18.5 Å². The van der Waals surface area contributed by atoms with E-state index in [1.165, 1.54) is 23.2 Å². The molecule has 0 aliphatic carbocycles. The summed E-state index contributed by atoms with van der Waals surface area (Å²) in [5.74, 6) is 0.907. The van der Waals surface area contributed by atoms with Gasteiger partial charge in [-0.05, 0) is 69.5 Å². The van der Waals surface area contributed by atoms with Crippen molar-refractivity contribution in [2.24, 2.45) is 0 Å². The van der Waals surface area contributed by atoms with Crippen LogP contribution < -0.4 is 15.4 Å². The first-order valence-corrected chi connectivity index (χ1v) is 10.8. The molecule has 0 bridgehead atoms. The van der Waals surface area contributed by atoms with E-state index in [1.54, 1.807) is 7.11 Å². The average molecular weight is 405 g/mol. The first-order valence-electron chi connectivity index (χ1n) is 10.8. The number of nitrogens with one attached hydrogen (secondary N) is 2. The van der Waals surface area contributed by atoms with E-state index in [9.17, 15) is 0 Å². The molecule has 158 valence electrons. The molecule has 1 aliphatic heterocycles. The van der Waals surface area contributed by atoms with E-state index in [1.807, 2.05) is 10.7 Å². The van der Waals surface area contributed by atoms with E-state index < -0.39 is 0 Å². The van der Waals surface area contributed by atoms with Gasteiger partial charge in [-0.25, -0.2) is 4.68 Å². The summed E-state index contributed by atoms with van der Waals surface area (Å²) in [4.78, 5) is 0. The van der Waals surface area contributed by atoms with Crippen molar-refractivity contribution in [2.75, 3.05) is 13.7 Å². The molecule has 0 amide bonds. The van der Waals surface area contributed by atoms with Crippen molar-refractivity contribution in [3.63, 3.8) is 0 Å². The quantitative estimate of drug-likeness (QED) is 0.640. The summed E-state index contributed by atoms with van der Waals surface area (Å²) in [6.07, 6.45) is 2.34. The van der Waals surface area contributed by atoms with E-state index in [0.717, 1.165) is 42.2 Å². The Labute approximate surface area is 179 Å². The Morgan fingerprint density at radius 1 is 1.13 bits per heavy atom. The van der Waals surface area contributed by atoms with Crippen LogP contribution in [0.4, 0.5) is 0 Å². The number of piperidine rings is 1. The number of hydrogen-bond acceptors (Lipinski definition) is 4. The second-order valence-electron chi connectivity index (χ2n) is 8.18. The minimum absolute atomic E-state index is 0.327. The molecule has 4 rings (SSSR count). The van der Waals surface area contributed by atoms with Crippen molar-refractivity contribution < 1.29 is 4.74 Å². The van der Waals surface area contributed by atoms with Crippen LogP contribution in [0.25, 0.3) is 5.69 Å². The molecule has 2 atom stereocenters. The van der Waals surface area contributed by atoms with Crippen molar-refractivity contribution in [1.29, 1.82) is 0 Å². The van der Waals surface area contributed by atoms with Gasteiger partial charge in [-0.1, -0.05) is 30.3 Å². The number of aryl methyl sites for hydroxylation is 1. The van der Waals surface area contributed by atoms with Crippen molar-refractivity contribution in [3.8, 4) is 11.4 Å². The normalized spacial score (nSPS) is 19.1. The number of rotatable bonds is 6. The number of ether oxygens (including phenoxy) is 1. The van der Waals surface area contributed by atoms with E-state index in [2.05, 4.69) is 73.9 Å². The lowest BCUT2D eigenvalue weighted by atomic mass is 9.92. The highest BCUT2D eigenvalue weighted by Crippen LogP contribution is 2.27. The predicted octanol–water partition coefficient (Wildman–Crippen LogP) is 4.39. The molecule has 5 heteroatoms. The second kappa shape index (κ2) is 9.02. The highest BCUT2D eigenvalue weighted by molar-refractivity contribution is 5.46. The monoisotopic (exact) mass is 404 g/mol. The van der Waals surface area contributed by atoms with Gasteiger partial charge < -0.3 is 15.4 Å². The smallest absolute Gasteiger partial charge is 0.123 e. The third kappa shape index (κ3) is 4.13. The highest BCUT2D eigenvalue weighted by atomic mass is 16.5. The molecular formula is C25H32N4O. The van der Waals surface area contributed by atoms with Crippen molar-refractivity contribution in [3.05, 3.63) is 76.6 Å². The molecule has 2 unspecified atom stereocenters. The summed E-state index contributed by atoms with van der Waals surface area (Å²) in [7, 11) is 1.74. The van der Waals surface area contributed by atoms with Crippen LogP contribution in [0.3, 0.4) is 0 Å². The summed E-state index contributed by atoms with van der Waals surface area (Å²) in [5.41, 5.74) is 7.05. The number of aromatic nitrogens is 2. The number of benzene rings is 2. The van der Waals surface area contributed by atoms with Crippen molar-refractivity contribution >= 4 is 0 Å². The molecule has 2 heterocycles. The zero-order valence-corrected chi connectivity index (χ0v) is 18.4. The molecule has 0 saturated carbocycles. The van der Waals surface area contributed by atoms with Crippen molar-refractivity contribution in [1.82, 2.24) is 20.4 Å². The Bertz CT molecular complexity index is 996. The van der Waals surface area contributed by atoms with Gasteiger partial charge >= 0.3 is 0 Å². The van der Waals surface area contributed by atoms with Gasteiger partial charge in [0.2, 0.25) is 0 Å². The third-order valence-corrected chi connectivity index (χ3v) is 6.33. The molecule has 1 saturated heterocycles. The van der Waals surface area contributed by atoms with Gasteiger partial charge in [0.1, 0.15) is 5.75 Å². The van der Waals surface area contributed by atoms with Gasteiger partial charge in [0, 0.05) is 29.9 Å². The minimum Gasteiger partial charge on any atom is -0.496 e. The number of methoxy groups -OCH3 is 1. The Morgan fingerprint density at radius 2 is 1.93 bits per heavy atom. The zero-order chi connectivity index (χ0) is 21.1. The highest BCUT2D eigenvalue weighted by Gasteiger charge is 2.25. The predicted molar refractivity (Wildman–Crippen MR) is 121 cm³/mol. The first kappa shape index (κ1) is 20.6. The van der Waals surface area contributed by atoms with Crippen LogP contribution in [0.15, 0.2) is 48.5 Å². The summed E-state index contributed by atoms with van der Waals surface area (Å²) < 4.78 is 7.69. The molecule has 2 N–H and O–H groups in total. The van der Waals surface area contributed by atoms with Crippen LogP contribution in [-0.2, 0) is 6.54 Å². The molecule has 1 aromatic heterocycles. The van der Waals surface area contributed by atoms with Crippen LogP contribution >= 0.6 is 0 Å². The lowest BCUT2D eigenvalue weighted by Gasteiger charge is -2.34. The molecular weight excluding hydrogens is 372 g/mol. The van der Waals surface area contributed by atoms with Crippen LogP contribution in [0, 0.1) is 20.8 Å². The van der Waals surface area contributed by atoms with Gasteiger partial charge in [-0.15, -0.1) is 0 Å². The van der Waals surface area contributed by atoms with Crippen LogP contribution in [0.2, 0.25) is 0 Å². The summed E-state index contributed by atoms with van der Waals surface area (Å²) in [6, 6.07) is 17.8. The van der Waals surface area contributed by atoms with Gasteiger partial charge in [-0.3, -0.25) is 0 Å². The molecule has 0 spiro atoms. The van der Waals surface area contributed by atoms with Crippen LogP contribution in [-0.4, -0.2) is 29.5 Å². The standard InChI is InChI=1S/C25H32N4O/c1-17-18(2)28-29(19(17)3)22-12-13-24(30-4)21(15-22)16-27-23-11-8-14-26-25(23)20-9-6-5-7-10-20/h5-7,9-10,12-13,15,23,25-27H,8,11,14,16H2,1-4H3. The lowest BCUT2D eigenvalue weighted by Crippen LogP contribution is -2.45. The minimum atomic E-state index is 0.327. The summed E-state index contributed by atoms with van der Waals surface area (Å²) in [5, 5.41) is 12.2. The van der Waals surface area contributed by atoms with Crippen LogP contribution in [0.1, 0.15) is 47.0 Å². The topological polar surface area (TPSA) is 51.1 Å². The largest absolute Gasteiger partial charge is 0.496 e. The maximum absolute atomic E-state index is 5.66. The van der Waals surface area contributed by atoms with E-state index in [4.69, 9.17) is 9.84 Å². The van der Waals surface area contributed by atoms with Crippen molar-refractivity contribution in [2.45, 2.75) is 52.2 Å². The van der Waals surface area contributed by atoms with E-state index >= 15 is 0 Å². The van der Waals surface area contributed by atoms with Crippen LogP contribution in [0.5, 0.6) is 5.75 Å². The Hall–Kier alpha value is -2.63. The van der Waals surface area contributed by atoms with Gasteiger partial charge in [0.25, 0.3) is 0 Å². The third-order valence-electron chi connectivity index (χ3n) is 6.33. The fraction of sp³-hybridized carbons (Fsp3) is 0.400.